The van der Waals surface area contributed by atoms with Crippen molar-refractivity contribution in [1.82, 2.24) is 0 Å². The second kappa shape index (κ2) is 2.67. The molecule has 0 spiro atoms. The summed E-state index contributed by atoms with van der Waals surface area (Å²) in [6, 6.07) is 0. The molecule has 1 heterocycles. The summed E-state index contributed by atoms with van der Waals surface area (Å²) in [6.07, 6.45) is 1.53. The lowest BCUT2D eigenvalue weighted by atomic mass is 10.0. The minimum Gasteiger partial charge on any atom is -0.394 e. The minimum absolute atomic E-state index is 0.0972. The average Bonchev–Trinajstić information content (AvgIpc) is 2.10. The van der Waals surface area contributed by atoms with Gasteiger partial charge >= 0.3 is 0 Å². The molecule has 0 aliphatic carbocycles. The molecule has 0 aromatic rings. The number of hydrogen-bond donors (Lipinski definition) is 1. The van der Waals surface area contributed by atoms with Crippen molar-refractivity contribution in [1.29, 1.82) is 0 Å². The van der Waals surface area contributed by atoms with Gasteiger partial charge in [-0.3, -0.25) is 0 Å². The van der Waals surface area contributed by atoms with Crippen molar-refractivity contribution in [2.45, 2.75) is 32.5 Å². The third-order valence-electron chi connectivity index (χ3n) is 1.93. The van der Waals surface area contributed by atoms with E-state index in [0.29, 0.717) is 12.0 Å². The molecule has 1 rings (SSSR count). The number of ether oxygens (including phenoxy) is 1. The third-order valence-corrected chi connectivity index (χ3v) is 1.93. The van der Waals surface area contributed by atoms with Crippen molar-refractivity contribution in [2.75, 3.05) is 6.61 Å². The highest BCUT2D eigenvalue weighted by molar-refractivity contribution is 4.76. The Hall–Kier alpha value is -0.0800. The van der Waals surface area contributed by atoms with Gasteiger partial charge in [-0.2, -0.15) is 0 Å². The van der Waals surface area contributed by atoms with Crippen molar-refractivity contribution < 1.29 is 9.84 Å². The lowest BCUT2D eigenvalue weighted by Gasteiger charge is -2.09. The Labute approximate surface area is 55.8 Å². The maximum absolute atomic E-state index is 8.73. The monoisotopic (exact) mass is 130 g/mol. The van der Waals surface area contributed by atoms with E-state index >= 15 is 0 Å². The zero-order valence-corrected chi connectivity index (χ0v) is 6.00. The van der Waals surface area contributed by atoms with Crippen molar-refractivity contribution in [3.63, 3.8) is 0 Å². The molecule has 54 valence electrons. The molecule has 0 aromatic heterocycles. The molecule has 1 fully saturated rings. The molecule has 2 nitrogen and oxygen atoms in total. The number of aliphatic hydroxyl groups excluding tert-OH is 1. The SMILES string of the molecule is CC1C[C@H](C)O[C@@H]1CO. The van der Waals surface area contributed by atoms with E-state index in [9.17, 15) is 0 Å². The van der Waals surface area contributed by atoms with E-state index in [2.05, 4.69) is 6.92 Å². The van der Waals surface area contributed by atoms with Crippen molar-refractivity contribution >= 4 is 0 Å². The largest absolute Gasteiger partial charge is 0.394 e. The summed E-state index contributed by atoms with van der Waals surface area (Å²) in [6.45, 7) is 4.34. The molecule has 3 atom stereocenters. The molecule has 2 heteroatoms. The maximum Gasteiger partial charge on any atom is 0.0835 e. The van der Waals surface area contributed by atoms with Crippen molar-refractivity contribution in [3.8, 4) is 0 Å². The van der Waals surface area contributed by atoms with Crippen LogP contribution in [0.4, 0.5) is 0 Å². The topological polar surface area (TPSA) is 29.5 Å². The average molecular weight is 130 g/mol. The standard InChI is InChI=1S/C7H14O2/c1-5-3-6(2)9-7(5)4-8/h5-8H,3-4H2,1-2H3/t5?,6-,7+/m0/s1. The first kappa shape index (κ1) is 7.03. The fraction of sp³-hybridized carbons (Fsp3) is 1.00. The molecule has 0 amide bonds. The van der Waals surface area contributed by atoms with Crippen LogP contribution in [-0.4, -0.2) is 23.9 Å². The lowest BCUT2D eigenvalue weighted by molar-refractivity contribution is 0.00884. The highest BCUT2D eigenvalue weighted by Crippen LogP contribution is 2.24. The van der Waals surface area contributed by atoms with Gasteiger partial charge < -0.3 is 9.84 Å². The summed E-state index contributed by atoms with van der Waals surface area (Å²) in [5.74, 6) is 0.532. The molecule has 1 unspecified atom stereocenters. The Kier molecular flexibility index (Phi) is 2.09. The second-order valence-electron chi connectivity index (χ2n) is 2.88. The van der Waals surface area contributed by atoms with Gasteiger partial charge in [0.25, 0.3) is 0 Å². The van der Waals surface area contributed by atoms with Gasteiger partial charge in [0.2, 0.25) is 0 Å². The van der Waals surface area contributed by atoms with Crippen molar-refractivity contribution in [2.24, 2.45) is 5.92 Å². The molecule has 1 aliphatic heterocycles. The van der Waals surface area contributed by atoms with E-state index in [4.69, 9.17) is 9.84 Å². The highest BCUT2D eigenvalue weighted by atomic mass is 16.5. The molecule has 0 aromatic carbocycles. The number of aliphatic hydroxyl groups is 1. The van der Waals surface area contributed by atoms with Crippen LogP contribution in [0.2, 0.25) is 0 Å². The van der Waals surface area contributed by atoms with Crippen LogP contribution >= 0.6 is 0 Å². The normalized spacial score (nSPS) is 43.7. The van der Waals surface area contributed by atoms with Crippen LogP contribution in [0.1, 0.15) is 20.3 Å². The molecule has 1 N–H and O–H groups in total. The fourth-order valence-corrected chi connectivity index (χ4v) is 1.39. The van der Waals surface area contributed by atoms with E-state index in [1.807, 2.05) is 6.92 Å². The maximum atomic E-state index is 8.73. The van der Waals surface area contributed by atoms with Gasteiger partial charge in [-0.1, -0.05) is 6.92 Å². The molecule has 0 saturated carbocycles. The quantitative estimate of drug-likeness (QED) is 0.568. The van der Waals surface area contributed by atoms with Gasteiger partial charge in [0.15, 0.2) is 0 Å². The van der Waals surface area contributed by atoms with Crippen molar-refractivity contribution in [3.05, 3.63) is 0 Å². The Morgan fingerprint density at radius 2 is 2.22 bits per heavy atom. The Morgan fingerprint density at radius 1 is 1.56 bits per heavy atom. The molecular formula is C7H14O2. The summed E-state index contributed by atoms with van der Waals surface area (Å²) >= 11 is 0. The highest BCUT2D eigenvalue weighted by Gasteiger charge is 2.28. The number of rotatable bonds is 1. The predicted octanol–water partition coefficient (Wildman–Crippen LogP) is 0.792. The van der Waals surface area contributed by atoms with Crippen LogP contribution in [0, 0.1) is 5.92 Å². The third kappa shape index (κ3) is 1.43. The lowest BCUT2D eigenvalue weighted by Crippen LogP contribution is -2.18. The Bertz CT molecular complexity index is 92.9. The summed E-state index contributed by atoms with van der Waals surface area (Å²) in [5, 5.41) is 8.73. The van der Waals surface area contributed by atoms with Crippen LogP contribution in [0.3, 0.4) is 0 Å². The van der Waals surface area contributed by atoms with Gasteiger partial charge in [-0.25, -0.2) is 0 Å². The van der Waals surface area contributed by atoms with E-state index in [-0.39, 0.29) is 12.7 Å². The molecule has 0 radical (unpaired) electrons. The van der Waals surface area contributed by atoms with Gasteiger partial charge in [-0.15, -0.1) is 0 Å². The van der Waals surface area contributed by atoms with E-state index in [0.717, 1.165) is 6.42 Å². The van der Waals surface area contributed by atoms with Gasteiger partial charge in [0, 0.05) is 0 Å². The molecule has 1 saturated heterocycles. The van der Waals surface area contributed by atoms with Crippen LogP contribution in [0.5, 0.6) is 0 Å². The fourth-order valence-electron chi connectivity index (χ4n) is 1.39. The first-order chi connectivity index (χ1) is 4.24. The van der Waals surface area contributed by atoms with E-state index in [1.54, 1.807) is 0 Å². The first-order valence-corrected chi connectivity index (χ1v) is 3.50. The summed E-state index contributed by atoms with van der Waals surface area (Å²) in [7, 11) is 0. The van der Waals surface area contributed by atoms with Gasteiger partial charge in [0.05, 0.1) is 18.8 Å². The Morgan fingerprint density at radius 3 is 2.44 bits per heavy atom. The van der Waals surface area contributed by atoms with E-state index < -0.39 is 0 Å². The molecular weight excluding hydrogens is 116 g/mol. The predicted molar refractivity (Wildman–Crippen MR) is 35.2 cm³/mol. The van der Waals surface area contributed by atoms with Gasteiger partial charge in [-0.05, 0) is 19.3 Å². The number of hydrogen-bond acceptors (Lipinski definition) is 2. The van der Waals surface area contributed by atoms with Crippen LogP contribution in [0.25, 0.3) is 0 Å². The van der Waals surface area contributed by atoms with Crippen LogP contribution in [-0.2, 0) is 4.74 Å². The Balaban J connectivity index is 2.38. The van der Waals surface area contributed by atoms with E-state index in [1.165, 1.54) is 0 Å². The van der Waals surface area contributed by atoms with Crippen LogP contribution < -0.4 is 0 Å². The second-order valence-corrected chi connectivity index (χ2v) is 2.88. The van der Waals surface area contributed by atoms with Crippen LogP contribution in [0.15, 0.2) is 0 Å². The first-order valence-electron chi connectivity index (χ1n) is 3.50. The zero-order valence-electron chi connectivity index (χ0n) is 6.00. The summed E-state index contributed by atoms with van der Waals surface area (Å²) in [4.78, 5) is 0. The molecule has 0 bridgehead atoms. The summed E-state index contributed by atoms with van der Waals surface area (Å²) in [5.41, 5.74) is 0. The molecule has 9 heavy (non-hydrogen) atoms. The minimum atomic E-state index is 0.0972. The summed E-state index contributed by atoms with van der Waals surface area (Å²) < 4.78 is 5.37. The molecule has 1 aliphatic rings. The van der Waals surface area contributed by atoms with Gasteiger partial charge in [0.1, 0.15) is 0 Å². The zero-order chi connectivity index (χ0) is 6.85. The smallest absolute Gasteiger partial charge is 0.0835 e.